The molecule has 0 amide bonds. The summed E-state index contributed by atoms with van der Waals surface area (Å²) in [7, 11) is 0. The third-order valence-corrected chi connectivity index (χ3v) is 2.97. The third kappa shape index (κ3) is 1.46. The lowest BCUT2D eigenvalue weighted by atomic mass is 9.78. The van der Waals surface area contributed by atoms with E-state index in [1.165, 1.54) is 5.57 Å². The number of rotatable bonds is 1. The minimum Gasteiger partial charge on any atom is -0.315 e. The molecule has 2 nitrogen and oxygen atoms in total. The Bertz CT molecular complexity index is 338. The molecule has 2 N–H and O–H groups in total. The van der Waals surface area contributed by atoms with Gasteiger partial charge >= 0.3 is 0 Å². The Morgan fingerprint density at radius 3 is 2.93 bits per heavy atom. The van der Waals surface area contributed by atoms with E-state index in [9.17, 15) is 4.79 Å². The number of hydrogen-bond acceptors (Lipinski definition) is 2. The Hall–Kier alpha value is -1.15. The van der Waals surface area contributed by atoms with Gasteiger partial charge in [0.25, 0.3) is 0 Å². The van der Waals surface area contributed by atoms with Gasteiger partial charge in [0.2, 0.25) is 0 Å². The Morgan fingerprint density at radius 2 is 2.14 bits per heavy atom. The molecular weight excluding hydrogens is 174 g/mol. The van der Waals surface area contributed by atoms with Crippen molar-refractivity contribution in [3.05, 3.63) is 35.5 Å². The number of allylic oxidation sites excluding steroid dienone is 4. The van der Waals surface area contributed by atoms with Crippen LogP contribution in [0, 0.1) is 0 Å². The van der Waals surface area contributed by atoms with Gasteiger partial charge in [-0.2, -0.15) is 0 Å². The van der Waals surface area contributed by atoms with Gasteiger partial charge in [-0.15, -0.1) is 0 Å². The van der Waals surface area contributed by atoms with E-state index in [1.54, 1.807) is 0 Å². The zero-order valence-corrected chi connectivity index (χ0v) is 8.20. The lowest BCUT2D eigenvalue weighted by Crippen LogP contribution is -2.45. The van der Waals surface area contributed by atoms with Crippen LogP contribution in [0.15, 0.2) is 35.5 Å². The van der Waals surface area contributed by atoms with Crippen LogP contribution in [0.1, 0.15) is 25.7 Å². The molecule has 0 radical (unpaired) electrons. The zero-order chi connectivity index (χ0) is 10.0. The van der Waals surface area contributed by atoms with E-state index in [0.717, 1.165) is 37.5 Å². The highest BCUT2D eigenvalue weighted by atomic mass is 16.1. The number of aldehydes is 1. The fraction of sp³-hybridized carbons (Fsp3) is 0.417. The van der Waals surface area contributed by atoms with E-state index in [4.69, 9.17) is 5.73 Å². The molecule has 2 rings (SSSR count). The quantitative estimate of drug-likeness (QED) is 0.640. The highest BCUT2D eigenvalue weighted by Crippen LogP contribution is 2.33. The molecule has 0 aromatic rings. The van der Waals surface area contributed by atoms with Crippen LogP contribution in [0.2, 0.25) is 0 Å². The van der Waals surface area contributed by atoms with Crippen LogP contribution in [0.25, 0.3) is 0 Å². The van der Waals surface area contributed by atoms with Crippen LogP contribution < -0.4 is 5.73 Å². The summed E-state index contributed by atoms with van der Waals surface area (Å²) in [4.78, 5) is 11.0. The summed E-state index contributed by atoms with van der Waals surface area (Å²) in [5, 5.41) is 0. The summed E-state index contributed by atoms with van der Waals surface area (Å²) in [5.41, 5.74) is 7.59. The summed E-state index contributed by atoms with van der Waals surface area (Å²) in [6, 6.07) is 0. The third-order valence-electron chi connectivity index (χ3n) is 2.97. The molecule has 2 aliphatic rings. The van der Waals surface area contributed by atoms with Crippen molar-refractivity contribution in [2.24, 2.45) is 5.73 Å². The van der Waals surface area contributed by atoms with E-state index in [0.29, 0.717) is 0 Å². The molecule has 0 bridgehead atoms. The topological polar surface area (TPSA) is 43.1 Å². The summed E-state index contributed by atoms with van der Waals surface area (Å²) >= 11 is 0. The van der Waals surface area contributed by atoms with Gasteiger partial charge in [-0.05, 0) is 36.8 Å². The van der Waals surface area contributed by atoms with Gasteiger partial charge in [-0.25, -0.2) is 0 Å². The van der Waals surface area contributed by atoms with Crippen molar-refractivity contribution in [2.45, 2.75) is 31.2 Å². The monoisotopic (exact) mass is 189 g/mol. The summed E-state index contributed by atoms with van der Waals surface area (Å²) in [6.45, 7) is 0. The van der Waals surface area contributed by atoms with Crippen LogP contribution in [-0.4, -0.2) is 11.8 Å². The fourth-order valence-electron chi connectivity index (χ4n) is 2.17. The molecule has 0 saturated carbocycles. The molecule has 2 heteroatoms. The average molecular weight is 189 g/mol. The molecule has 0 heterocycles. The molecule has 0 saturated heterocycles. The first-order chi connectivity index (χ1) is 6.76. The maximum Gasteiger partial charge on any atom is 0.144 e. The first-order valence-corrected chi connectivity index (χ1v) is 5.08. The van der Waals surface area contributed by atoms with Crippen molar-refractivity contribution >= 4 is 6.29 Å². The molecule has 14 heavy (non-hydrogen) atoms. The maximum absolute atomic E-state index is 11.0. The minimum atomic E-state index is -0.737. The van der Waals surface area contributed by atoms with Crippen LogP contribution in [0.5, 0.6) is 0 Å². The normalized spacial score (nSPS) is 31.2. The molecule has 74 valence electrons. The Balaban J connectivity index is 2.48. The van der Waals surface area contributed by atoms with E-state index >= 15 is 0 Å². The highest BCUT2D eigenvalue weighted by Gasteiger charge is 2.32. The molecule has 0 aromatic carbocycles. The summed E-state index contributed by atoms with van der Waals surface area (Å²) in [6.07, 6.45) is 13.0. The van der Waals surface area contributed by atoms with Gasteiger partial charge in [0.1, 0.15) is 6.29 Å². The summed E-state index contributed by atoms with van der Waals surface area (Å²) < 4.78 is 0. The SMILES string of the molecule is NC1(C=O)CCCC2=C1C=CCC=C2. The second-order valence-electron chi connectivity index (χ2n) is 3.99. The van der Waals surface area contributed by atoms with Gasteiger partial charge < -0.3 is 10.5 Å². The second kappa shape index (κ2) is 3.54. The molecule has 2 aliphatic carbocycles. The van der Waals surface area contributed by atoms with E-state index in [2.05, 4.69) is 18.2 Å². The van der Waals surface area contributed by atoms with E-state index < -0.39 is 5.54 Å². The smallest absolute Gasteiger partial charge is 0.144 e. The number of nitrogens with two attached hydrogens (primary N) is 1. The van der Waals surface area contributed by atoms with Crippen LogP contribution in [0.3, 0.4) is 0 Å². The maximum atomic E-state index is 11.0. The van der Waals surface area contributed by atoms with Crippen LogP contribution in [0.4, 0.5) is 0 Å². The second-order valence-corrected chi connectivity index (χ2v) is 3.99. The van der Waals surface area contributed by atoms with Gasteiger partial charge in [-0.1, -0.05) is 24.3 Å². The molecule has 1 unspecified atom stereocenters. The van der Waals surface area contributed by atoms with Crippen molar-refractivity contribution in [3.63, 3.8) is 0 Å². The molecule has 0 aromatic heterocycles. The molecule has 0 spiro atoms. The van der Waals surface area contributed by atoms with Crippen molar-refractivity contribution in [2.75, 3.05) is 0 Å². The minimum absolute atomic E-state index is 0.737. The van der Waals surface area contributed by atoms with Crippen molar-refractivity contribution < 1.29 is 4.79 Å². The molecule has 1 atom stereocenters. The average Bonchev–Trinajstić information content (AvgIpc) is 2.44. The Kier molecular flexibility index (Phi) is 2.38. The van der Waals surface area contributed by atoms with Crippen molar-refractivity contribution in [3.8, 4) is 0 Å². The first kappa shape index (κ1) is 9.41. The molecular formula is C12H15NO. The predicted molar refractivity (Wildman–Crippen MR) is 56.8 cm³/mol. The Morgan fingerprint density at radius 1 is 1.36 bits per heavy atom. The van der Waals surface area contributed by atoms with Crippen LogP contribution >= 0.6 is 0 Å². The largest absolute Gasteiger partial charge is 0.315 e. The van der Waals surface area contributed by atoms with Crippen molar-refractivity contribution in [1.82, 2.24) is 0 Å². The first-order valence-electron chi connectivity index (χ1n) is 5.08. The van der Waals surface area contributed by atoms with Crippen molar-refractivity contribution in [1.29, 1.82) is 0 Å². The van der Waals surface area contributed by atoms with E-state index in [1.807, 2.05) is 6.08 Å². The lowest BCUT2D eigenvalue weighted by molar-refractivity contribution is -0.111. The predicted octanol–water partition coefficient (Wildman–Crippen LogP) is 1.88. The number of hydrogen-bond donors (Lipinski definition) is 1. The van der Waals surface area contributed by atoms with Gasteiger partial charge in [-0.3, -0.25) is 0 Å². The molecule has 0 aliphatic heterocycles. The fourth-order valence-corrected chi connectivity index (χ4v) is 2.17. The van der Waals surface area contributed by atoms with Gasteiger partial charge in [0.15, 0.2) is 0 Å². The highest BCUT2D eigenvalue weighted by molar-refractivity contribution is 5.73. The van der Waals surface area contributed by atoms with Crippen LogP contribution in [-0.2, 0) is 4.79 Å². The molecule has 0 fully saturated rings. The van der Waals surface area contributed by atoms with Gasteiger partial charge in [0, 0.05) is 0 Å². The zero-order valence-electron chi connectivity index (χ0n) is 8.20. The Labute approximate surface area is 84.2 Å². The number of carbonyl (C=O) groups is 1. The lowest BCUT2D eigenvalue weighted by Gasteiger charge is -2.30. The van der Waals surface area contributed by atoms with E-state index in [-0.39, 0.29) is 0 Å². The van der Waals surface area contributed by atoms with Gasteiger partial charge in [0.05, 0.1) is 5.54 Å². The number of carbonyl (C=O) groups excluding carboxylic acids is 1. The summed E-state index contributed by atoms with van der Waals surface area (Å²) in [5.74, 6) is 0. The standard InChI is InChI=1S/C12H15NO/c13-12(9-14)8-4-6-10-5-2-1-3-7-11(10)12/h2-3,5,7,9H,1,4,6,8,13H2.